The van der Waals surface area contributed by atoms with Gasteiger partial charge in [-0.2, -0.15) is 0 Å². The van der Waals surface area contributed by atoms with Gasteiger partial charge in [0.25, 0.3) is 5.91 Å². The summed E-state index contributed by atoms with van der Waals surface area (Å²) in [5, 5.41) is 4.38. The number of para-hydroxylation sites is 1. The number of methoxy groups -OCH3 is 1. The molecule has 0 radical (unpaired) electrons. The molecule has 0 fully saturated rings. The zero-order valence-electron chi connectivity index (χ0n) is 12.4. The van der Waals surface area contributed by atoms with Crippen LogP contribution in [0.2, 0.25) is 0 Å². The standard InChI is InChI=1S/C16H17NO4S/c1-3-11-6-4-5-7-13(11)21-10-14(18)17-12-8-9-22-15(12)16(19)20-2/h4-9H,3,10H2,1-2H3,(H,17,18). The summed E-state index contributed by atoms with van der Waals surface area (Å²) in [7, 11) is 1.30. The molecule has 0 bridgehead atoms. The minimum absolute atomic E-state index is 0.118. The number of amides is 1. The Morgan fingerprint density at radius 1 is 1.23 bits per heavy atom. The number of ether oxygens (including phenoxy) is 2. The van der Waals surface area contributed by atoms with Crippen molar-refractivity contribution in [3.63, 3.8) is 0 Å². The normalized spacial score (nSPS) is 10.1. The van der Waals surface area contributed by atoms with Gasteiger partial charge in [-0.1, -0.05) is 25.1 Å². The summed E-state index contributed by atoms with van der Waals surface area (Å²) in [6.07, 6.45) is 0.828. The van der Waals surface area contributed by atoms with Crippen LogP contribution in [0.1, 0.15) is 22.2 Å². The van der Waals surface area contributed by atoms with Gasteiger partial charge in [0.1, 0.15) is 10.6 Å². The van der Waals surface area contributed by atoms with E-state index in [0.29, 0.717) is 16.3 Å². The van der Waals surface area contributed by atoms with Crippen molar-refractivity contribution in [1.82, 2.24) is 0 Å². The number of thiophene rings is 1. The largest absolute Gasteiger partial charge is 0.483 e. The van der Waals surface area contributed by atoms with Crippen molar-refractivity contribution in [1.29, 1.82) is 0 Å². The molecule has 1 aromatic carbocycles. The second-order valence-electron chi connectivity index (χ2n) is 4.45. The Kier molecular flexibility index (Phi) is 5.55. The summed E-state index contributed by atoms with van der Waals surface area (Å²) in [6, 6.07) is 9.24. The Balaban J connectivity index is 1.96. The first-order chi connectivity index (χ1) is 10.7. The molecule has 2 rings (SSSR count). The number of hydrogen-bond acceptors (Lipinski definition) is 5. The van der Waals surface area contributed by atoms with E-state index < -0.39 is 5.97 Å². The molecule has 0 aliphatic heterocycles. The molecule has 1 amide bonds. The number of carbonyl (C=O) groups is 2. The Labute approximate surface area is 132 Å². The molecule has 1 heterocycles. The van der Waals surface area contributed by atoms with E-state index in [-0.39, 0.29) is 12.5 Å². The predicted molar refractivity (Wildman–Crippen MR) is 85.6 cm³/mol. The summed E-state index contributed by atoms with van der Waals surface area (Å²) in [5.74, 6) is -0.101. The molecule has 22 heavy (non-hydrogen) atoms. The Morgan fingerprint density at radius 3 is 2.73 bits per heavy atom. The van der Waals surface area contributed by atoms with Gasteiger partial charge in [0.2, 0.25) is 0 Å². The molecule has 116 valence electrons. The molecule has 0 unspecified atom stereocenters. The monoisotopic (exact) mass is 319 g/mol. The summed E-state index contributed by atoms with van der Waals surface area (Å²) in [5.41, 5.74) is 1.48. The molecule has 0 aliphatic rings. The van der Waals surface area contributed by atoms with Crippen molar-refractivity contribution >= 4 is 28.9 Å². The van der Waals surface area contributed by atoms with Crippen LogP contribution < -0.4 is 10.1 Å². The third-order valence-corrected chi connectivity index (χ3v) is 3.92. The van der Waals surface area contributed by atoms with E-state index in [9.17, 15) is 9.59 Å². The summed E-state index contributed by atoms with van der Waals surface area (Å²) < 4.78 is 10.2. The number of esters is 1. The van der Waals surface area contributed by atoms with E-state index in [1.807, 2.05) is 31.2 Å². The summed E-state index contributed by atoms with van der Waals surface area (Å²) in [6.45, 7) is 1.91. The van der Waals surface area contributed by atoms with Crippen molar-refractivity contribution in [3.8, 4) is 5.75 Å². The molecule has 6 heteroatoms. The van der Waals surface area contributed by atoms with Gasteiger partial charge in [-0.25, -0.2) is 4.79 Å². The van der Waals surface area contributed by atoms with Gasteiger partial charge in [-0.3, -0.25) is 4.79 Å². The number of rotatable bonds is 6. The van der Waals surface area contributed by atoms with E-state index in [4.69, 9.17) is 4.74 Å². The highest BCUT2D eigenvalue weighted by atomic mass is 32.1. The van der Waals surface area contributed by atoms with Crippen LogP contribution in [0.3, 0.4) is 0 Å². The zero-order valence-corrected chi connectivity index (χ0v) is 13.2. The lowest BCUT2D eigenvalue weighted by Gasteiger charge is -2.10. The van der Waals surface area contributed by atoms with Gasteiger partial charge in [0.05, 0.1) is 12.8 Å². The third kappa shape index (κ3) is 3.85. The van der Waals surface area contributed by atoms with Crippen LogP contribution in [0.4, 0.5) is 5.69 Å². The van der Waals surface area contributed by atoms with Crippen molar-refractivity contribution < 1.29 is 19.1 Å². The van der Waals surface area contributed by atoms with Crippen molar-refractivity contribution in [2.45, 2.75) is 13.3 Å². The van der Waals surface area contributed by atoms with Gasteiger partial charge in [-0.05, 0) is 29.5 Å². The Hall–Kier alpha value is -2.34. The number of aryl methyl sites for hydroxylation is 1. The molecular formula is C16H17NO4S. The van der Waals surface area contributed by atoms with E-state index in [1.165, 1.54) is 18.4 Å². The lowest BCUT2D eigenvalue weighted by atomic mass is 10.1. The maximum Gasteiger partial charge on any atom is 0.350 e. The first kappa shape index (κ1) is 16.0. The van der Waals surface area contributed by atoms with E-state index in [0.717, 1.165) is 12.0 Å². The highest BCUT2D eigenvalue weighted by Crippen LogP contribution is 2.23. The number of hydrogen-bond donors (Lipinski definition) is 1. The molecule has 0 atom stereocenters. The SMILES string of the molecule is CCc1ccccc1OCC(=O)Nc1ccsc1C(=O)OC. The van der Waals surface area contributed by atoms with Crippen LogP contribution in [0.15, 0.2) is 35.7 Å². The average Bonchev–Trinajstić information content (AvgIpc) is 3.00. The van der Waals surface area contributed by atoms with Crippen molar-refractivity contribution in [3.05, 3.63) is 46.2 Å². The minimum Gasteiger partial charge on any atom is -0.483 e. The zero-order chi connectivity index (χ0) is 15.9. The van der Waals surface area contributed by atoms with Crippen LogP contribution in [-0.4, -0.2) is 25.6 Å². The molecule has 0 spiro atoms. The first-order valence-electron chi connectivity index (χ1n) is 6.82. The lowest BCUT2D eigenvalue weighted by Crippen LogP contribution is -2.21. The maximum atomic E-state index is 12.0. The quantitative estimate of drug-likeness (QED) is 0.831. The molecule has 1 aromatic heterocycles. The van der Waals surface area contributed by atoms with Gasteiger partial charge >= 0.3 is 5.97 Å². The first-order valence-corrected chi connectivity index (χ1v) is 7.70. The number of nitrogens with one attached hydrogen (secondary N) is 1. The van der Waals surface area contributed by atoms with Crippen LogP contribution in [0.25, 0.3) is 0 Å². The molecule has 0 saturated carbocycles. The highest BCUT2D eigenvalue weighted by Gasteiger charge is 2.15. The molecule has 0 saturated heterocycles. The second-order valence-corrected chi connectivity index (χ2v) is 5.37. The number of anilines is 1. The molecule has 1 N–H and O–H groups in total. The van der Waals surface area contributed by atoms with Crippen LogP contribution in [0.5, 0.6) is 5.75 Å². The smallest absolute Gasteiger partial charge is 0.350 e. The van der Waals surface area contributed by atoms with Gasteiger partial charge in [-0.15, -0.1) is 11.3 Å². The van der Waals surface area contributed by atoms with Crippen molar-refractivity contribution in [2.75, 3.05) is 19.0 Å². The third-order valence-electron chi connectivity index (χ3n) is 3.02. The van der Waals surface area contributed by atoms with Gasteiger partial charge < -0.3 is 14.8 Å². The number of benzene rings is 1. The number of carbonyl (C=O) groups excluding carboxylic acids is 2. The highest BCUT2D eigenvalue weighted by molar-refractivity contribution is 7.12. The van der Waals surface area contributed by atoms with Crippen LogP contribution >= 0.6 is 11.3 Å². The van der Waals surface area contributed by atoms with E-state index in [2.05, 4.69) is 10.1 Å². The summed E-state index contributed by atoms with van der Waals surface area (Å²) in [4.78, 5) is 23.9. The Bertz CT molecular complexity index is 666. The topological polar surface area (TPSA) is 64.6 Å². The van der Waals surface area contributed by atoms with Crippen LogP contribution in [0, 0.1) is 0 Å². The van der Waals surface area contributed by atoms with Gasteiger partial charge in [0, 0.05) is 0 Å². The average molecular weight is 319 g/mol. The van der Waals surface area contributed by atoms with E-state index in [1.54, 1.807) is 11.4 Å². The minimum atomic E-state index is -0.470. The predicted octanol–water partition coefficient (Wildman–Crippen LogP) is 3.11. The van der Waals surface area contributed by atoms with Crippen molar-refractivity contribution in [2.24, 2.45) is 0 Å². The fourth-order valence-electron chi connectivity index (χ4n) is 1.92. The van der Waals surface area contributed by atoms with E-state index >= 15 is 0 Å². The lowest BCUT2D eigenvalue weighted by molar-refractivity contribution is -0.118. The second kappa shape index (κ2) is 7.61. The Morgan fingerprint density at radius 2 is 2.00 bits per heavy atom. The van der Waals surface area contributed by atoms with Crippen LogP contribution in [-0.2, 0) is 16.0 Å². The summed E-state index contributed by atoms with van der Waals surface area (Å²) >= 11 is 1.21. The maximum absolute atomic E-state index is 12.0. The molecular weight excluding hydrogens is 302 g/mol. The fraction of sp³-hybridized carbons (Fsp3) is 0.250. The fourth-order valence-corrected chi connectivity index (χ4v) is 2.69. The van der Waals surface area contributed by atoms with Gasteiger partial charge in [0.15, 0.2) is 6.61 Å². The molecule has 0 aliphatic carbocycles. The molecule has 2 aromatic rings. The molecule has 5 nitrogen and oxygen atoms in total.